The predicted molar refractivity (Wildman–Crippen MR) is 62.7 cm³/mol. The molecule has 0 aliphatic carbocycles. The molecule has 0 radical (unpaired) electrons. The average molecular weight is 200 g/mol. The van der Waals surface area contributed by atoms with Crippen molar-refractivity contribution in [3.63, 3.8) is 0 Å². The molecular weight excluding hydrogens is 184 g/mol. The van der Waals surface area contributed by atoms with Gasteiger partial charge in [0.1, 0.15) is 5.82 Å². The first-order valence-electron chi connectivity index (χ1n) is 5.18. The van der Waals surface area contributed by atoms with Gasteiger partial charge in [0.15, 0.2) is 0 Å². The van der Waals surface area contributed by atoms with Crippen molar-refractivity contribution in [3.8, 4) is 11.4 Å². The van der Waals surface area contributed by atoms with E-state index >= 15 is 0 Å². The normalized spacial score (nSPS) is 11.7. The van der Waals surface area contributed by atoms with E-state index in [2.05, 4.69) is 42.5 Å². The summed E-state index contributed by atoms with van der Waals surface area (Å²) in [4.78, 5) is 4.42. The molecule has 2 heteroatoms. The fraction of sp³-hybridized carbons (Fsp3) is 0.308. The fourth-order valence-corrected chi connectivity index (χ4v) is 1.65. The average Bonchev–Trinajstić information content (AvgIpc) is 2.67. The third-order valence-electron chi connectivity index (χ3n) is 2.40. The van der Waals surface area contributed by atoms with Gasteiger partial charge < -0.3 is 4.57 Å². The summed E-state index contributed by atoms with van der Waals surface area (Å²) in [7, 11) is 0. The Morgan fingerprint density at radius 3 is 2.33 bits per heavy atom. The number of aromatic nitrogens is 2. The summed E-state index contributed by atoms with van der Waals surface area (Å²) in [6, 6.07) is 10.3. The second-order valence-corrected chi connectivity index (χ2v) is 4.66. The number of hydrogen-bond acceptors (Lipinski definition) is 1. The molecule has 1 aromatic carbocycles. The SMILES string of the molecule is CC(C)(C)n1ccnc1-c1ccccc1. The first kappa shape index (κ1) is 9.97. The van der Waals surface area contributed by atoms with Gasteiger partial charge in [-0.15, -0.1) is 0 Å². The van der Waals surface area contributed by atoms with Gasteiger partial charge in [0.05, 0.1) is 0 Å². The number of benzene rings is 1. The van der Waals surface area contributed by atoms with Gasteiger partial charge in [-0.2, -0.15) is 0 Å². The third kappa shape index (κ3) is 1.94. The maximum absolute atomic E-state index is 4.42. The van der Waals surface area contributed by atoms with Crippen LogP contribution in [0.2, 0.25) is 0 Å². The zero-order valence-electron chi connectivity index (χ0n) is 9.44. The fourth-order valence-electron chi connectivity index (χ4n) is 1.65. The van der Waals surface area contributed by atoms with Crippen LogP contribution >= 0.6 is 0 Å². The van der Waals surface area contributed by atoms with E-state index in [0.29, 0.717) is 0 Å². The largest absolute Gasteiger partial charge is 0.326 e. The monoisotopic (exact) mass is 200 g/mol. The van der Waals surface area contributed by atoms with Gasteiger partial charge in [-0.3, -0.25) is 0 Å². The molecule has 15 heavy (non-hydrogen) atoms. The summed E-state index contributed by atoms with van der Waals surface area (Å²) in [5, 5.41) is 0. The molecule has 2 aromatic rings. The van der Waals surface area contributed by atoms with Crippen LogP contribution in [-0.2, 0) is 5.54 Å². The molecule has 0 spiro atoms. The Labute approximate surface area is 90.6 Å². The van der Waals surface area contributed by atoms with E-state index in [9.17, 15) is 0 Å². The molecule has 0 bridgehead atoms. The van der Waals surface area contributed by atoms with Crippen molar-refractivity contribution in [2.45, 2.75) is 26.3 Å². The molecule has 0 aliphatic rings. The second kappa shape index (κ2) is 3.54. The highest BCUT2D eigenvalue weighted by atomic mass is 15.1. The summed E-state index contributed by atoms with van der Waals surface area (Å²) in [5.41, 5.74) is 1.24. The molecule has 1 heterocycles. The van der Waals surface area contributed by atoms with E-state index in [-0.39, 0.29) is 5.54 Å². The van der Waals surface area contributed by atoms with Gasteiger partial charge in [0.25, 0.3) is 0 Å². The number of imidazole rings is 1. The van der Waals surface area contributed by atoms with Crippen LogP contribution in [0.1, 0.15) is 20.8 Å². The van der Waals surface area contributed by atoms with Crippen LogP contribution in [0.3, 0.4) is 0 Å². The molecule has 0 amide bonds. The van der Waals surface area contributed by atoms with E-state index < -0.39 is 0 Å². The lowest BCUT2D eigenvalue weighted by atomic mass is 10.1. The van der Waals surface area contributed by atoms with Crippen LogP contribution in [0.4, 0.5) is 0 Å². The molecule has 78 valence electrons. The topological polar surface area (TPSA) is 17.8 Å². The van der Waals surface area contributed by atoms with E-state index in [4.69, 9.17) is 0 Å². The molecule has 0 saturated heterocycles. The molecular formula is C13H16N2. The predicted octanol–water partition coefficient (Wildman–Crippen LogP) is 3.31. The number of hydrogen-bond donors (Lipinski definition) is 0. The van der Waals surface area contributed by atoms with Gasteiger partial charge >= 0.3 is 0 Å². The highest BCUT2D eigenvalue weighted by Crippen LogP contribution is 2.23. The minimum atomic E-state index is 0.0711. The van der Waals surface area contributed by atoms with Crippen LogP contribution in [0.5, 0.6) is 0 Å². The Morgan fingerprint density at radius 1 is 1.07 bits per heavy atom. The summed E-state index contributed by atoms with van der Waals surface area (Å²) < 4.78 is 2.20. The van der Waals surface area contributed by atoms with E-state index in [1.807, 2.05) is 30.6 Å². The van der Waals surface area contributed by atoms with Gasteiger partial charge in [0.2, 0.25) is 0 Å². The second-order valence-electron chi connectivity index (χ2n) is 4.66. The summed E-state index contributed by atoms with van der Waals surface area (Å²) in [6.45, 7) is 6.54. The Morgan fingerprint density at radius 2 is 1.73 bits per heavy atom. The summed E-state index contributed by atoms with van der Waals surface area (Å²) in [6.07, 6.45) is 3.88. The van der Waals surface area contributed by atoms with Gasteiger partial charge in [-0.1, -0.05) is 30.3 Å². The quantitative estimate of drug-likeness (QED) is 0.690. The summed E-state index contributed by atoms with van der Waals surface area (Å²) >= 11 is 0. The van der Waals surface area contributed by atoms with Gasteiger partial charge in [-0.25, -0.2) is 4.98 Å². The molecule has 0 atom stereocenters. The van der Waals surface area contributed by atoms with Crippen molar-refractivity contribution in [1.29, 1.82) is 0 Å². The van der Waals surface area contributed by atoms with Crippen LogP contribution in [0, 0.1) is 0 Å². The molecule has 0 N–H and O–H groups in total. The first-order chi connectivity index (χ1) is 7.09. The van der Waals surface area contributed by atoms with Gasteiger partial charge in [0, 0.05) is 23.5 Å². The Balaban J connectivity index is 2.51. The van der Waals surface area contributed by atoms with Crippen molar-refractivity contribution < 1.29 is 0 Å². The van der Waals surface area contributed by atoms with Crippen LogP contribution in [0.25, 0.3) is 11.4 Å². The highest BCUT2D eigenvalue weighted by molar-refractivity contribution is 5.55. The van der Waals surface area contributed by atoms with Crippen molar-refractivity contribution >= 4 is 0 Å². The lowest BCUT2D eigenvalue weighted by molar-refractivity contribution is 0.401. The maximum Gasteiger partial charge on any atom is 0.140 e. The third-order valence-corrected chi connectivity index (χ3v) is 2.40. The zero-order chi connectivity index (χ0) is 10.9. The number of nitrogens with zero attached hydrogens (tertiary/aromatic N) is 2. The lowest BCUT2D eigenvalue weighted by Gasteiger charge is -2.23. The van der Waals surface area contributed by atoms with Crippen molar-refractivity contribution in [2.24, 2.45) is 0 Å². The minimum absolute atomic E-state index is 0.0711. The Bertz CT molecular complexity index is 435. The molecule has 2 rings (SSSR count). The lowest BCUT2D eigenvalue weighted by Crippen LogP contribution is -2.21. The first-order valence-corrected chi connectivity index (χ1v) is 5.18. The molecule has 0 fully saturated rings. The number of rotatable bonds is 1. The molecule has 0 unspecified atom stereocenters. The zero-order valence-corrected chi connectivity index (χ0v) is 9.44. The minimum Gasteiger partial charge on any atom is -0.326 e. The van der Waals surface area contributed by atoms with E-state index in [1.165, 1.54) is 0 Å². The summed E-state index contributed by atoms with van der Waals surface area (Å²) in [5.74, 6) is 1.03. The van der Waals surface area contributed by atoms with Crippen LogP contribution in [-0.4, -0.2) is 9.55 Å². The van der Waals surface area contributed by atoms with Crippen LogP contribution < -0.4 is 0 Å². The van der Waals surface area contributed by atoms with Crippen molar-refractivity contribution in [2.75, 3.05) is 0 Å². The van der Waals surface area contributed by atoms with Crippen molar-refractivity contribution in [3.05, 3.63) is 42.7 Å². The van der Waals surface area contributed by atoms with Gasteiger partial charge in [-0.05, 0) is 20.8 Å². The standard InChI is InChI=1S/C13H16N2/c1-13(2,3)15-10-9-14-12(15)11-7-5-4-6-8-11/h4-10H,1-3H3. The molecule has 0 saturated carbocycles. The maximum atomic E-state index is 4.42. The Hall–Kier alpha value is -1.57. The molecule has 2 nitrogen and oxygen atoms in total. The Kier molecular flexibility index (Phi) is 2.35. The van der Waals surface area contributed by atoms with Crippen LogP contribution in [0.15, 0.2) is 42.7 Å². The highest BCUT2D eigenvalue weighted by Gasteiger charge is 2.17. The van der Waals surface area contributed by atoms with E-state index in [1.54, 1.807) is 0 Å². The molecule has 1 aromatic heterocycles. The molecule has 0 aliphatic heterocycles. The van der Waals surface area contributed by atoms with Crippen molar-refractivity contribution in [1.82, 2.24) is 9.55 Å². The van der Waals surface area contributed by atoms with E-state index in [0.717, 1.165) is 11.4 Å². The smallest absolute Gasteiger partial charge is 0.140 e.